The van der Waals surface area contributed by atoms with Gasteiger partial charge in [-0.2, -0.15) is 0 Å². The zero-order chi connectivity index (χ0) is 28.5. The fraction of sp³-hybridized carbons (Fsp3) is 0.344. The molecule has 1 N–H and O–H groups in total. The Labute approximate surface area is 238 Å². The average molecular weight is 558 g/mol. The lowest BCUT2D eigenvalue weighted by Crippen LogP contribution is -2.54. The molecule has 3 aromatic rings. The van der Waals surface area contributed by atoms with Crippen LogP contribution in [0.1, 0.15) is 51.1 Å². The van der Waals surface area contributed by atoms with Gasteiger partial charge in [-0.1, -0.05) is 30.3 Å². The van der Waals surface area contributed by atoms with Crippen LogP contribution in [0.25, 0.3) is 0 Å². The van der Waals surface area contributed by atoms with Crippen molar-refractivity contribution in [2.75, 3.05) is 25.5 Å². The molecule has 0 aliphatic carbocycles. The summed E-state index contributed by atoms with van der Waals surface area (Å²) in [6.45, 7) is 1.55. The number of fused-ring (bicyclic) bond motifs is 3. The predicted molar refractivity (Wildman–Crippen MR) is 150 cm³/mol. The Kier molecular flexibility index (Phi) is 7.45. The molecule has 3 atom stereocenters. The number of halogens is 1. The van der Waals surface area contributed by atoms with E-state index in [4.69, 9.17) is 9.47 Å². The van der Waals surface area contributed by atoms with Gasteiger partial charge in [0.25, 0.3) is 11.8 Å². The van der Waals surface area contributed by atoms with Gasteiger partial charge in [-0.15, -0.1) is 0 Å². The van der Waals surface area contributed by atoms with Gasteiger partial charge in [-0.05, 0) is 66.8 Å². The minimum Gasteiger partial charge on any atom is -0.490 e. The summed E-state index contributed by atoms with van der Waals surface area (Å²) in [4.78, 5) is 42.9. The van der Waals surface area contributed by atoms with Gasteiger partial charge in [0.2, 0.25) is 5.91 Å². The molecule has 0 saturated carbocycles. The van der Waals surface area contributed by atoms with Gasteiger partial charge in [-0.25, -0.2) is 4.39 Å². The largest absolute Gasteiger partial charge is 0.490 e. The standard InChI is InChI=1S/C32H32FN3O5/c1-35-27-11-10-25(17-30(37)36-14-13-20-5-2-3-6-22(20)18-36)41-29(27)19-40-28-12-9-24(16-26(28)32(35)39)34-31(38)21-7-4-8-23(33)15-21/h2-9,12,15-16,25,27,29H,10-11,13-14,17-19H2,1H3,(H,34,38)/t25-,27-,29-/m1/s1. The lowest BCUT2D eigenvalue weighted by molar-refractivity contribution is -0.143. The number of benzene rings is 3. The number of anilines is 1. The highest BCUT2D eigenvalue weighted by molar-refractivity contribution is 6.05. The van der Waals surface area contributed by atoms with Crippen LogP contribution in [-0.4, -0.2) is 66.0 Å². The Bertz CT molecular complexity index is 1490. The van der Waals surface area contributed by atoms with E-state index in [1.165, 1.54) is 29.3 Å². The molecule has 3 heterocycles. The molecule has 1 saturated heterocycles. The predicted octanol–water partition coefficient (Wildman–Crippen LogP) is 4.43. The third kappa shape index (κ3) is 5.67. The van der Waals surface area contributed by atoms with E-state index in [2.05, 4.69) is 17.4 Å². The van der Waals surface area contributed by atoms with Crippen molar-refractivity contribution in [3.63, 3.8) is 0 Å². The lowest BCUT2D eigenvalue weighted by atomic mass is 9.94. The minimum absolute atomic E-state index is 0.0808. The molecular weight excluding hydrogens is 525 g/mol. The Morgan fingerprint density at radius 1 is 1.02 bits per heavy atom. The fourth-order valence-corrected chi connectivity index (χ4v) is 5.97. The van der Waals surface area contributed by atoms with Crippen molar-refractivity contribution in [1.82, 2.24) is 9.80 Å². The van der Waals surface area contributed by atoms with Gasteiger partial charge >= 0.3 is 0 Å². The maximum Gasteiger partial charge on any atom is 0.257 e. The normalized spacial score (nSPS) is 21.9. The first-order valence-corrected chi connectivity index (χ1v) is 14.0. The molecule has 1 fully saturated rings. The summed E-state index contributed by atoms with van der Waals surface area (Å²) in [5.74, 6) is -0.766. The zero-order valence-corrected chi connectivity index (χ0v) is 22.8. The van der Waals surface area contributed by atoms with Crippen LogP contribution in [0.4, 0.5) is 10.1 Å². The first kappa shape index (κ1) is 27.0. The van der Waals surface area contributed by atoms with Crippen molar-refractivity contribution in [3.05, 3.63) is 94.8 Å². The van der Waals surface area contributed by atoms with Crippen LogP contribution in [0.15, 0.2) is 66.7 Å². The SMILES string of the molecule is CN1C(=O)c2cc(NC(=O)c3cccc(F)c3)ccc2OC[C@H]2O[C@@H](CC(=O)N3CCc4ccccc4C3)CC[C@H]21. The number of ether oxygens (including phenoxy) is 2. The number of carbonyl (C=O) groups excluding carboxylic acids is 3. The third-order valence-corrected chi connectivity index (χ3v) is 8.24. The Morgan fingerprint density at radius 2 is 1.85 bits per heavy atom. The van der Waals surface area contributed by atoms with E-state index in [9.17, 15) is 18.8 Å². The Morgan fingerprint density at radius 3 is 2.68 bits per heavy atom. The maximum atomic E-state index is 13.5. The quantitative estimate of drug-likeness (QED) is 0.513. The average Bonchev–Trinajstić information content (AvgIpc) is 2.99. The van der Waals surface area contributed by atoms with Gasteiger partial charge in [0, 0.05) is 31.4 Å². The monoisotopic (exact) mass is 557 g/mol. The van der Waals surface area contributed by atoms with Crippen molar-refractivity contribution >= 4 is 23.4 Å². The molecule has 0 radical (unpaired) electrons. The van der Waals surface area contributed by atoms with Crippen LogP contribution in [0.5, 0.6) is 5.75 Å². The molecule has 8 nitrogen and oxygen atoms in total. The van der Waals surface area contributed by atoms with E-state index >= 15 is 0 Å². The number of rotatable bonds is 4. The summed E-state index contributed by atoms with van der Waals surface area (Å²) in [6.07, 6.45) is 1.88. The molecule has 9 heteroatoms. The van der Waals surface area contributed by atoms with E-state index in [0.717, 1.165) is 12.5 Å². The lowest BCUT2D eigenvalue weighted by Gasteiger charge is -2.42. The van der Waals surface area contributed by atoms with Crippen molar-refractivity contribution in [2.24, 2.45) is 0 Å². The van der Waals surface area contributed by atoms with E-state index in [1.54, 1.807) is 30.1 Å². The van der Waals surface area contributed by atoms with E-state index in [1.807, 2.05) is 17.0 Å². The molecule has 0 aromatic heterocycles. The van der Waals surface area contributed by atoms with Crippen LogP contribution < -0.4 is 10.1 Å². The molecule has 3 aliphatic rings. The summed E-state index contributed by atoms with van der Waals surface area (Å²) < 4.78 is 26.0. The second-order valence-corrected chi connectivity index (χ2v) is 10.9. The number of nitrogens with one attached hydrogen (secondary N) is 1. The van der Waals surface area contributed by atoms with Gasteiger partial charge < -0.3 is 24.6 Å². The maximum absolute atomic E-state index is 13.5. The number of amides is 3. The molecule has 212 valence electrons. The molecule has 41 heavy (non-hydrogen) atoms. The molecule has 0 bridgehead atoms. The number of likely N-dealkylation sites (N-methyl/N-ethyl adjacent to an activating group) is 1. The van der Waals surface area contributed by atoms with Crippen molar-refractivity contribution in [3.8, 4) is 5.75 Å². The second-order valence-electron chi connectivity index (χ2n) is 10.9. The smallest absolute Gasteiger partial charge is 0.257 e. The fourth-order valence-electron chi connectivity index (χ4n) is 5.97. The van der Waals surface area contributed by atoms with Crippen molar-refractivity contribution in [2.45, 2.75) is 50.5 Å². The van der Waals surface area contributed by atoms with Crippen LogP contribution >= 0.6 is 0 Å². The van der Waals surface area contributed by atoms with Crippen LogP contribution in [0, 0.1) is 5.82 Å². The molecule has 3 aliphatic heterocycles. The number of hydrogen-bond donors (Lipinski definition) is 1. The topological polar surface area (TPSA) is 88.2 Å². The summed E-state index contributed by atoms with van der Waals surface area (Å²) in [7, 11) is 1.74. The first-order chi connectivity index (χ1) is 19.9. The molecule has 3 aromatic carbocycles. The summed E-state index contributed by atoms with van der Waals surface area (Å²) in [6, 6.07) is 18.3. The molecule has 6 rings (SSSR count). The van der Waals surface area contributed by atoms with Gasteiger partial charge in [0.05, 0.1) is 24.1 Å². The highest BCUT2D eigenvalue weighted by Crippen LogP contribution is 2.33. The highest BCUT2D eigenvalue weighted by atomic mass is 19.1. The highest BCUT2D eigenvalue weighted by Gasteiger charge is 2.39. The molecule has 0 spiro atoms. The van der Waals surface area contributed by atoms with Crippen LogP contribution in [-0.2, 0) is 22.5 Å². The number of nitrogens with zero attached hydrogens (tertiary/aromatic N) is 2. The minimum atomic E-state index is -0.505. The van der Waals surface area contributed by atoms with Crippen molar-refractivity contribution in [1.29, 1.82) is 0 Å². The third-order valence-electron chi connectivity index (χ3n) is 8.24. The molecule has 3 amide bonds. The van der Waals surface area contributed by atoms with Crippen molar-refractivity contribution < 1.29 is 28.2 Å². The zero-order valence-electron chi connectivity index (χ0n) is 22.8. The van der Waals surface area contributed by atoms with Gasteiger partial charge in [-0.3, -0.25) is 14.4 Å². The summed E-state index contributed by atoms with van der Waals surface area (Å²) in [5.41, 5.74) is 3.40. The van der Waals surface area contributed by atoms with Gasteiger partial charge in [0.15, 0.2) is 0 Å². The van der Waals surface area contributed by atoms with E-state index < -0.39 is 11.7 Å². The second kappa shape index (κ2) is 11.3. The molecule has 0 unspecified atom stereocenters. The molecular formula is C32H32FN3O5. The summed E-state index contributed by atoms with van der Waals surface area (Å²) >= 11 is 0. The Hall–Kier alpha value is -4.24. The van der Waals surface area contributed by atoms with Crippen LogP contribution in [0.3, 0.4) is 0 Å². The first-order valence-electron chi connectivity index (χ1n) is 14.0. The van der Waals surface area contributed by atoms with Gasteiger partial charge in [0.1, 0.15) is 24.3 Å². The Balaban J connectivity index is 1.11. The van der Waals surface area contributed by atoms with Crippen LogP contribution in [0.2, 0.25) is 0 Å². The van der Waals surface area contributed by atoms with E-state index in [0.29, 0.717) is 49.4 Å². The summed E-state index contributed by atoms with van der Waals surface area (Å²) in [5, 5.41) is 2.73. The number of hydrogen-bond acceptors (Lipinski definition) is 5. The van der Waals surface area contributed by atoms with E-state index in [-0.39, 0.29) is 42.2 Å². The number of carbonyl (C=O) groups is 3.